The second-order valence-electron chi connectivity index (χ2n) is 12.8. The lowest BCUT2D eigenvalue weighted by molar-refractivity contribution is -0.170. The Morgan fingerprint density at radius 1 is 0.855 bits per heavy atom. The maximum Gasteiger partial charge on any atom is 0.336 e. The third-order valence-corrected chi connectivity index (χ3v) is 10.5. The molecule has 17 heteroatoms. The van der Waals surface area contributed by atoms with Gasteiger partial charge in [0.1, 0.15) is 11.5 Å². The van der Waals surface area contributed by atoms with Gasteiger partial charge in [0.15, 0.2) is 11.7 Å². The summed E-state index contributed by atoms with van der Waals surface area (Å²) >= 11 is 7.90. The van der Waals surface area contributed by atoms with Crippen LogP contribution < -0.4 is 19.3 Å². The van der Waals surface area contributed by atoms with Crippen molar-refractivity contribution in [3.63, 3.8) is 0 Å². The predicted molar refractivity (Wildman–Crippen MR) is 204 cm³/mol. The molecule has 1 amide bonds. The molecule has 15 nitrogen and oxygen atoms in total. The lowest BCUT2D eigenvalue weighted by atomic mass is 9.96. The molecular weight excluding hydrogens is 758 g/mol. The Kier molecular flexibility index (Phi) is 15.2. The van der Waals surface area contributed by atoms with Crippen LogP contribution in [-0.2, 0) is 28.7 Å². The molecule has 2 aliphatic heterocycles. The van der Waals surface area contributed by atoms with Crippen LogP contribution in [0.15, 0.2) is 71.6 Å². The number of nitrogens with zero attached hydrogens (tertiary/aromatic N) is 3. The van der Waals surface area contributed by atoms with Gasteiger partial charge in [-0.05, 0) is 61.0 Å². The molecule has 3 aromatic carbocycles. The molecule has 3 aromatic rings. The van der Waals surface area contributed by atoms with Crippen molar-refractivity contribution in [3.8, 4) is 11.5 Å². The molecular formula is C38H44ClN3O12S. The Morgan fingerprint density at radius 3 is 2.05 bits per heavy atom. The van der Waals surface area contributed by atoms with Crippen LogP contribution in [-0.4, -0.2) is 120 Å². The second-order valence-corrected chi connectivity index (χ2v) is 14.4. The van der Waals surface area contributed by atoms with Crippen LogP contribution in [0.3, 0.4) is 0 Å². The smallest absolute Gasteiger partial charge is 0.336 e. The zero-order valence-corrected chi connectivity index (χ0v) is 32.1. The van der Waals surface area contributed by atoms with Crippen LogP contribution in [0.2, 0.25) is 5.02 Å². The average molecular weight is 802 g/mol. The van der Waals surface area contributed by atoms with E-state index in [0.29, 0.717) is 17.3 Å². The highest BCUT2D eigenvalue weighted by atomic mass is 35.5. The lowest BCUT2D eigenvalue weighted by Gasteiger charge is -2.37. The number of fused-ring (bicyclic) bond motifs is 1. The van der Waals surface area contributed by atoms with Gasteiger partial charge in [-0.15, -0.1) is 11.8 Å². The summed E-state index contributed by atoms with van der Waals surface area (Å²) in [4.78, 5) is 64.2. The molecule has 2 heterocycles. The number of carbonyl (C=O) groups excluding carboxylic acids is 2. The zero-order chi connectivity index (χ0) is 40.3. The van der Waals surface area contributed by atoms with Gasteiger partial charge < -0.3 is 44.4 Å². The largest absolute Gasteiger partial charge is 0.497 e. The number of thioether (sulfide) groups is 1. The first-order chi connectivity index (χ1) is 26.1. The van der Waals surface area contributed by atoms with Crippen molar-refractivity contribution >= 4 is 64.5 Å². The summed E-state index contributed by atoms with van der Waals surface area (Å²) in [7, 11) is 3.31. The fraction of sp³-hybridized carbons (Fsp3) is 0.395. The summed E-state index contributed by atoms with van der Waals surface area (Å²) in [6, 6.07) is 21.2. The van der Waals surface area contributed by atoms with E-state index in [4.69, 9.17) is 46.2 Å². The molecule has 296 valence electrons. The number of aliphatic carboxylic acids is 3. The molecule has 0 aliphatic carbocycles. The van der Waals surface area contributed by atoms with E-state index < -0.39 is 53.7 Å². The molecule has 0 saturated carbocycles. The number of benzene rings is 3. The van der Waals surface area contributed by atoms with E-state index in [-0.39, 0.29) is 5.91 Å². The number of piperazine rings is 1. The van der Waals surface area contributed by atoms with Crippen LogP contribution in [0.5, 0.6) is 11.5 Å². The normalized spacial score (nSPS) is 17.2. The number of aliphatic hydroxyl groups is 1. The number of para-hydroxylation sites is 2. The van der Waals surface area contributed by atoms with Crippen LogP contribution in [0.4, 0.5) is 11.4 Å². The number of carboxylic acid groups (broad SMARTS) is 3. The molecule has 55 heavy (non-hydrogen) atoms. The Bertz CT molecular complexity index is 1820. The van der Waals surface area contributed by atoms with Crippen molar-refractivity contribution in [2.24, 2.45) is 0 Å². The number of ether oxygens (including phenoxy) is 3. The van der Waals surface area contributed by atoms with Gasteiger partial charge in [-0.2, -0.15) is 0 Å². The van der Waals surface area contributed by atoms with Crippen molar-refractivity contribution in [3.05, 3.63) is 77.3 Å². The number of carbonyl (C=O) groups is 5. The number of halogens is 1. The number of amides is 1. The number of hydrogen-bond donors (Lipinski definition) is 4. The zero-order valence-electron chi connectivity index (χ0n) is 30.6. The van der Waals surface area contributed by atoms with Crippen LogP contribution in [0.25, 0.3) is 0 Å². The first-order valence-corrected chi connectivity index (χ1v) is 18.5. The molecule has 0 radical (unpaired) electrons. The lowest BCUT2D eigenvalue weighted by Crippen LogP contribution is -2.48. The molecule has 2 aliphatic rings. The van der Waals surface area contributed by atoms with E-state index in [1.807, 2.05) is 54.6 Å². The van der Waals surface area contributed by atoms with Crippen LogP contribution in [0.1, 0.15) is 37.0 Å². The summed E-state index contributed by atoms with van der Waals surface area (Å²) in [6.45, 7) is 6.33. The van der Waals surface area contributed by atoms with E-state index in [2.05, 4.69) is 15.9 Å². The first-order valence-electron chi connectivity index (χ1n) is 17.2. The maximum atomic E-state index is 14.1. The van der Waals surface area contributed by atoms with E-state index >= 15 is 0 Å². The van der Waals surface area contributed by atoms with Gasteiger partial charge in [0.05, 0.1) is 43.7 Å². The number of carboxylic acids is 3. The third-order valence-electron chi connectivity index (χ3n) is 8.93. The minimum absolute atomic E-state index is 0.236. The van der Waals surface area contributed by atoms with Gasteiger partial charge in [-0.25, -0.2) is 4.79 Å². The van der Waals surface area contributed by atoms with Crippen molar-refractivity contribution in [2.45, 2.75) is 48.0 Å². The van der Waals surface area contributed by atoms with Gasteiger partial charge >= 0.3 is 23.9 Å². The predicted octanol–water partition coefficient (Wildman–Crippen LogP) is 4.43. The van der Waals surface area contributed by atoms with Gasteiger partial charge in [0.25, 0.3) is 5.91 Å². The number of esters is 1. The second kappa shape index (κ2) is 19.5. The van der Waals surface area contributed by atoms with Crippen molar-refractivity contribution in [1.82, 2.24) is 4.90 Å². The van der Waals surface area contributed by atoms with Crippen molar-refractivity contribution in [1.29, 1.82) is 0 Å². The highest BCUT2D eigenvalue weighted by Crippen LogP contribution is 2.48. The Labute approximate surface area is 327 Å². The summed E-state index contributed by atoms with van der Waals surface area (Å²) in [5.74, 6) is -4.15. The Hall–Kier alpha value is -5.03. The van der Waals surface area contributed by atoms with Crippen molar-refractivity contribution in [2.75, 3.05) is 63.3 Å². The first kappa shape index (κ1) is 42.7. The number of hydrogen-bond acceptors (Lipinski definition) is 12. The highest BCUT2D eigenvalue weighted by molar-refractivity contribution is 7.99. The van der Waals surface area contributed by atoms with Crippen molar-refractivity contribution < 1.29 is 58.6 Å². The van der Waals surface area contributed by atoms with E-state index in [9.17, 15) is 24.0 Å². The van der Waals surface area contributed by atoms with Crippen LogP contribution in [0, 0.1) is 0 Å². The Balaban J connectivity index is 0.000000444. The van der Waals surface area contributed by atoms with E-state index in [1.165, 1.54) is 18.7 Å². The molecule has 0 unspecified atom stereocenters. The third kappa shape index (κ3) is 11.5. The highest BCUT2D eigenvalue weighted by Gasteiger charge is 2.42. The Morgan fingerprint density at radius 2 is 1.49 bits per heavy atom. The minimum Gasteiger partial charge on any atom is -0.497 e. The maximum absolute atomic E-state index is 14.1. The van der Waals surface area contributed by atoms with Gasteiger partial charge in [-0.3, -0.25) is 24.1 Å². The molecule has 1 fully saturated rings. The molecule has 5 rings (SSSR count). The molecule has 0 aromatic heterocycles. The van der Waals surface area contributed by atoms with Crippen LogP contribution >= 0.6 is 23.4 Å². The number of rotatable bonds is 14. The molecule has 1 saturated heterocycles. The van der Waals surface area contributed by atoms with E-state index in [1.54, 1.807) is 25.2 Å². The quantitative estimate of drug-likeness (QED) is 0.167. The number of methoxy groups -OCH3 is 2. The topological polar surface area (TPSA) is 204 Å². The molecule has 2 atom stereocenters. The van der Waals surface area contributed by atoms with Gasteiger partial charge in [0, 0.05) is 49.6 Å². The summed E-state index contributed by atoms with van der Waals surface area (Å²) < 4.78 is 16.6. The summed E-state index contributed by atoms with van der Waals surface area (Å²) in [6.07, 6.45) is -2.51. The fourth-order valence-electron chi connectivity index (χ4n) is 6.23. The molecule has 4 N–H and O–H groups in total. The monoisotopic (exact) mass is 801 g/mol. The fourth-order valence-corrected chi connectivity index (χ4v) is 7.83. The van der Waals surface area contributed by atoms with Gasteiger partial charge in [-0.1, -0.05) is 35.9 Å². The average Bonchev–Trinajstić information content (AvgIpc) is 3.24. The van der Waals surface area contributed by atoms with Gasteiger partial charge in [0.2, 0.25) is 0 Å². The summed E-state index contributed by atoms with van der Waals surface area (Å²) in [5.41, 5.74) is 0.0210. The SMILES string of the molecule is COc1ccc([C@@H]2Sc3cc(Cl)ccc3N(CCCN3CCN(c4ccccc4OC)CC3)C(=O)[C@@H]2OC(C)=O)cc1.O=C(O)CC(O)(CC(=O)O)C(=O)O. The molecule has 0 bridgehead atoms. The summed E-state index contributed by atoms with van der Waals surface area (Å²) in [5, 5.41) is 33.9. The van der Waals surface area contributed by atoms with E-state index in [0.717, 1.165) is 66.7 Å². The standard InChI is InChI=1S/C32H36ClN3O5S.C6H8O7/c1-22(37)41-30-31(23-9-12-25(39-2)13-10-23)42-29-21-24(33)11-14-27(29)36(32(30)38)16-6-15-34-17-19-35(20-18-34)26-7-4-5-8-28(26)40-3;7-3(8)1-6(13,5(11)12)2-4(9)10/h4-5,7-14,21,30-31H,6,15-20H2,1-3H3;13H,1-2H2,(H,7,8)(H,9,10)(H,11,12)/t30-,31+;/m1./s1. The number of anilines is 2. The minimum atomic E-state index is -2.74. The molecule has 0 spiro atoms.